The molecular formula is C22H23ClN4O4S. The average Bonchev–Trinajstić information content (AvgIpc) is 2.79. The Morgan fingerprint density at radius 1 is 1.16 bits per heavy atom. The highest BCUT2D eigenvalue weighted by Gasteiger charge is 2.30. The molecule has 0 aliphatic carbocycles. The Hall–Kier alpha value is -2.91. The van der Waals surface area contributed by atoms with Crippen LogP contribution in [-0.4, -0.2) is 44.1 Å². The Kier molecular flexibility index (Phi) is 6.48. The number of carbonyl (C=O) groups excluding carboxylic acids is 1. The molecule has 1 aliphatic heterocycles. The fourth-order valence-electron chi connectivity index (χ4n) is 3.70. The van der Waals surface area contributed by atoms with Gasteiger partial charge in [-0.15, -0.1) is 0 Å². The van der Waals surface area contributed by atoms with E-state index in [-0.39, 0.29) is 22.6 Å². The van der Waals surface area contributed by atoms with E-state index in [1.165, 1.54) is 24.3 Å². The molecule has 1 aliphatic rings. The van der Waals surface area contributed by atoms with Crippen LogP contribution in [0.2, 0.25) is 5.02 Å². The molecule has 1 aromatic heterocycles. The van der Waals surface area contributed by atoms with Gasteiger partial charge in [0.15, 0.2) is 11.6 Å². The van der Waals surface area contributed by atoms with Crippen LogP contribution in [0.1, 0.15) is 19.8 Å². The van der Waals surface area contributed by atoms with Gasteiger partial charge in [0, 0.05) is 18.1 Å². The van der Waals surface area contributed by atoms with E-state index >= 15 is 0 Å². The second kappa shape index (κ2) is 9.30. The third-order valence-corrected chi connectivity index (χ3v) is 6.85. The van der Waals surface area contributed by atoms with Crippen molar-refractivity contribution in [2.24, 2.45) is 5.92 Å². The number of nitrogens with zero attached hydrogens (tertiary/aromatic N) is 3. The van der Waals surface area contributed by atoms with Crippen LogP contribution < -0.4 is 9.62 Å². The van der Waals surface area contributed by atoms with Crippen molar-refractivity contribution in [2.75, 3.05) is 29.3 Å². The maximum absolute atomic E-state index is 13.0. The Balaban J connectivity index is 1.72. The van der Waals surface area contributed by atoms with Crippen LogP contribution >= 0.6 is 11.6 Å². The van der Waals surface area contributed by atoms with E-state index in [9.17, 15) is 13.2 Å². The number of benzene rings is 2. The summed E-state index contributed by atoms with van der Waals surface area (Å²) in [7, 11) is -3.93. The van der Waals surface area contributed by atoms with Gasteiger partial charge in [0.25, 0.3) is 10.0 Å². The van der Waals surface area contributed by atoms with Gasteiger partial charge in [0.05, 0.1) is 28.5 Å². The fourth-order valence-corrected chi connectivity index (χ4v) is 4.83. The molecule has 0 amide bonds. The van der Waals surface area contributed by atoms with Crippen molar-refractivity contribution in [1.29, 1.82) is 0 Å². The number of halogens is 1. The zero-order chi connectivity index (χ0) is 22.7. The van der Waals surface area contributed by atoms with Gasteiger partial charge in [0.1, 0.15) is 0 Å². The number of sulfonamides is 1. The standard InChI is InChI=1S/C22H23ClN4O4S/c1-2-31-22(28)15-6-5-13-27(14-15)21-20(24-18-7-3-4-8-19(18)25-21)26-32(29,30)17-11-9-16(23)10-12-17/h3-4,7-12,15H,2,5-6,13-14H2,1H3,(H,24,26)/t15-/m1/s1. The summed E-state index contributed by atoms with van der Waals surface area (Å²) in [5.74, 6) is -0.0645. The van der Waals surface area contributed by atoms with Gasteiger partial charge in [-0.05, 0) is 56.2 Å². The molecule has 1 saturated heterocycles. The first-order valence-corrected chi connectivity index (χ1v) is 12.2. The van der Waals surface area contributed by atoms with Gasteiger partial charge in [-0.3, -0.25) is 9.52 Å². The van der Waals surface area contributed by atoms with Gasteiger partial charge >= 0.3 is 5.97 Å². The predicted octanol–water partition coefficient (Wildman–Crippen LogP) is 3.86. The van der Waals surface area contributed by atoms with Crippen molar-refractivity contribution in [2.45, 2.75) is 24.7 Å². The summed E-state index contributed by atoms with van der Waals surface area (Å²) in [5, 5.41) is 0.438. The number of carbonyl (C=O) groups is 1. The summed E-state index contributed by atoms with van der Waals surface area (Å²) in [6.07, 6.45) is 1.46. The van der Waals surface area contributed by atoms with Gasteiger partial charge in [-0.1, -0.05) is 23.7 Å². The second-order valence-corrected chi connectivity index (χ2v) is 9.60. The minimum absolute atomic E-state index is 0.0610. The quantitative estimate of drug-likeness (QED) is 0.541. The molecule has 0 spiro atoms. The summed E-state index contributed by atoms with van der Waals surface area (Å²) in [6.45, 7) is 3.09. The number of rotatable bonds is 6. The molecule has 1 fully saturated rings. The van der Waals surface area contributed by atoms with Crippen LogP contribution in [0.5, 0.6) is 0 Å². The molecule has 8 nitrogen and oxygen atoms in total. The smallest absolute Gasteiger partial charge is 0.310 e. The molecule has 32 heavy (non-hydrogen) atoms. The Morgan fingerprint density at radius 2 is 1.84 bits per heavy atom. The average molecular weight is 475 g/mol. The van der Waals surface area contributed by atoms with Crippen molar-refractivity contribution < 1.29 is 17.9 Å². The number of piperidine rings is 1. The zero-order valence-corrected chi connectivity index (χ0v) is 19.1. The van der Waals surface area contributed by atoms with E-state index in [1.807, 2.05) is 23.1 Å². The molecule has 0 saturated carbocycles. The third kappa shape index (κ3) is 4.78. The first kappa shape index (κ1) is 22.3. The van der Waals surface area contributed by atoms with E-state index in [4.69, 9.17) is 21.3 Å². The summed E-state index contributed by atoms with van der Waals surface area (Å²) >= 11 is 5.89. The first-order valence-electron chi connectivity index (χ1n) is 10.3. The van der Waals surface area contributed by atoms with Crippen molar-refractivity contribution in [3.63, 3.8) is 0 Å². The van der Waals surface area contributed by atoms with Crippen molar-refractivity contribution in [1.82, 2.24) is 9.97 Å². The topological polar surface area (TPSA) is 101 Å². The summed E-state index contributed by atoms with van der Waals surface area (Å²) in [6, 6.07) is 13.1. The molecule has 4 rings (SSSR count). The highest BCUT2D eigenvalue weighted by molar-refractivity contribution is 7.92. The highest BCUT2D eigenvalue weighted by atomic mass is 35.5. The number of fused-ring (bicyclic) bond motifs is 1. The molecule has 1 N–H and O–H groups in total. The normalized spacial score (nSPS) is 16.7. The number of anilines is 2. The number of nitrogens with one attached hydrogen (secondary N) is 1. The Morgan fingerprint density at radius 3 is 2.53 bits per heavy atom. The molecule has 2 heterocycles. The van der Waals surface area contributed by atoms with Gasteiger partial charge in [-0.2, -0.15) is 0 Å². The summed E-state index contributed by atoms with van der Waals surface area (Å²) in [4.78, 5) is 23.5. The molecule has 10 heteroatoms. The van der Waals surface area contributed by atoms with Crippen molar-refractivity contribution in [3.05, 3.63) is 53.6 Å². The van der Waals surface area contributed by atoms with E-state index in [0.29, 0.717) is 48.0 Å². The van der Waals surface area contributed by atoms with Crippen LogP contribution in [0.4, 0.5) is 11.6 Å². The molecule has 168 valence electrons. The van der Waals surface area contributed by atoms with Crippen LogP contribution in [-0.2, 0) is 19.6 Å². The maximum atomic E-state index is 13.0. The lowest BCUT2D eigenvalue weighted by molar-refractivity contribution is -0.148. The van der Waals surface area contributed by atoms with Crippen LogP contribution in [0.25, 0.3) is 11.0 Å². The molecule has 0 unspecified atom stereocenters. The minimum Gasteiger partial charge on any atom is -0.466 e. The number of hydrogen-bond acceptors (Lipinski definition) is 7. The van der Waals surface area contributed by atoms with Crippen LogP contribution in [0, 0.1) is 5.92 Å². The maximum Gasteiger partial charge on any atom is 0.310 e. The van der Waals surface area contributed by atoms with Crippen LogP contribution in [0.15, 0.2) is 53.4 Å². The van der Waals surface area contributed by atoms with Gasteiger partial charge in [0.2, 0.25) is 0 Å². The van der Waals surface area contributed by atoms with E-state index in [1.54, 1.807) is 13.0 Å². The molecular weight excluding hydrogens is 452 g/mol. The lowest BCUT2D eigenvalue weighted by Gasteiger charge is -2.33. The lowest BCUT2D eigenvalue weighted by atomic mass is 9.98. The van der Waals surface area contributed by atoms with E-state index in [0.717, 1.165) is 6.42 Å². The number of para-hydroxylation sites is 2. The summed E-state index contributed by atoms with van der Waals surface area (Å²) < 4.78 is 33.8. The molecule has 1 atom stereocenters. The minimum atomic E-state index is -3.93. The largest absolute Gasteiger partial charge is 0.466 e. The second-order valence-electron chi connectivity index (χ2n) is 7.48. The molecule has 3 aromatic rings. The number of ether oxygens (including phenoxy) is 1. The predicted molar refractivity (Wildman–Crippen MR) is 123 cm³/mol. The fraction of sp³-hybridized carbons (Fsp3) is 0.318. The lowest BCUT2D eigenvalue weighted by Crippen LogP contribution is -2.40. The zero-order valence-electron chi connectivity index (χ0n) is 17.5. The third-order valence-electron chi connectivity index (χ3n) is 5.25. The molecule has 0 radical (unpaired) electrons. The van der Waals surface area contributed by atoms with Crippen LogP contribution in [0.3, 0.4) is 0 Å². The van der Waals surface area contributed by atoms with E-state index < -0.39 is 10.0 Å². The highest BCUT2D eigenvalue weighted by Crippen LogP contribution is 2.31. The van der Waals surface area contributed by atoms with E-state index in [2.05, 4.69) is 9.71 Å². The number of esters is 1. The first-order chi connectivity index (χ1) is 15.4. The monoisotopic (exact) mass is 474 g/mol. The van der Waals surface area contributed by atoms with Gasteiger partial charge in [-0.25, -0.2) is 18.4 Å². The Bertz CT molecular complexity index is 1230. The SMILES string of the molecule is CCOC(=O)[C@@H]1CCCN(c2nc3ccccc3nc2NS(=O)(=O)c2ccc(Cl)cc2)C1. The van der Waals surface area contributed by atoms with Crippen molar-refractivity contribution >= 4 is 50.3 Å². The molecule has 2 aromatic carbocycles. The summed E-state index contributed by atoms with van der Waals surface area (Å²) in [5.41, 5.74) is 1.19. The number of hydrogen-bond donors (Lipinski definition) is 1. The number of aromatic nitrogens is 2. The Labute approximate surface area is 191 Å². The van der Waals surface area contributed by atoms with Crippen molar-refractivity contribution in [3.8, 4) is 0 Å². The van der Waals surface area contributed by atoms with Gasteiger partial charge < -0.3 is 9.64 Å². The molecule has 0 bridgehead atoms.